The Morgan fingerprint density at radius 3 is 2.78 bits per heavy atom. The maximum Gasteiger partial charge on any atom is 0.257 e. The van der Waals surface area contributed by atoms with Crippen molar-refractivity contribution in [2.24, 2.45) is 5.92 Å². The van der Waals surface area contributed by atoms with Crippen LogP contribution in [0.4, 0.5) is 0 Å². The van der Waals surface area contributed by atoms with Crippen LogP contribution in [0, 0.1) is 17.4 Å². The third-order valence-electron chi connectivity index (χ3n) is 5.23. The Labute approximate surface area is 159 Å². The van der Waals surface area contributed by atoms with Gasteiger partial charge in [-0.3, -0.25) is 19.5 Å². The largest absolute Gasteiger partial charge is 0.340 e. The molecule has 3 rings (SSSR count). The van der Waals surface area contributed by atoms with E-state index < -0.39 is 6.04 Å². The first-order valence-electron chi connectivity index (χ1n) is 9.41. The van der Waals surface area contributed by atoms with E-state index in [4.69, 9.17) is 5.26 Å². The Hall–Kier alpha value is -2.94. The Morgan fingerprint density at radius 2 is 2.04 bits per heavy atom. The highest BCUT2D eigenvalue weighted by molar-refractivity contribution is 5.99. The summed E-state index contributed by atoms with van der Waals surface area (Å²) in [5.41, 5.74) is 1.22. The van der Waals surface area contributed by atoms with E-state index in [0.29, 0.717) is 17.9 Å². The van der Waals surface area contributed by atoms with Gasteiger partial charge < -0.3 is 5.32 Å². The summed E-state index contributed by atoms with van der Waals surface area (Å²) in [5.74, 6) is -0.311. The molecule has 0 saturated heterocycles. The molecule has 1 fully saturated rings. The van der Waals surface area contributed by atoms with Crippen molar-refractivity contribution in [3.8, 4) is 6.19 Å². The highest BCUT2D eigenvalue weighted by Gasteiger charge is 2.28. The second kappa shape index (κ2) is 8.63. The standard InChI is InChI=1S/C21H24N4O2/c1-25(14-22)21(27)19(11-15-7-3-2-4-8-15)24-20(26)17-12-16-9-5-6-10-18(16)23-13-17/h5-6,9-10,12-13,15,19H,2-4,7-8,11H2,1H3,(H,24,26)/t19-/m0/s1. The molecular formula is C21H24N4O2. The van der Waals surface area contributed by atoms with Gasteiger partial charge in [0.15, 0.2) is 6.19 Å². The molecule has 1 heterocycles. The smallest absolute Gasteiger partial charge is 0.257 e. The van der Waals surface area contributed by atoms with Crippen LogP contribution in [0.1, 0.15) is 48.9 Å². The Balaban J connectivity index is 1.77. The number of nitrogens with zero attached hydrogens (tertiary/aromatic N) is 3. The van der Waals surface area contributed by atoms with Crippen LogP contribution < -0.4 is 5.32 Å². The number of benzene rings is 1. The molecule has 6 nitrogen and oxygen atoms in total. The van der Waals surface area contributed by atoms with Gasteiger partial charge in [-0.25, -0.2) is 0 Å². The number of nitriles is 1. The van der Waals surface area contributed by atoms with Crippen molar-refractivity contribution in [2.75, 3.05) is 7.05 Å². The normalized spacial score (nSPS) is 15.7. The molecule has 0 unspecified atom stereocenters. The first-order valence-corrected chi connectivity index (χ1v) is 9.41. The minimum Gasteiger partial charge on any atom is -0.340 e. The third kappa shape index (κ3) is 4.62. The second-order valence-corrected chi connectivity index (χ2v) is 7.18. The fourth-order valence-corrected chi connectivity index (χ4v) is 3.70. The molecule has 6 heteroatoms. The first-order chi connectivity index (χ1) is 13.1. The summed E-state index contributed by atoms with van der Waals surface area (Å²) in [7, 11) is 1.43. The van der Waals surface area contributed by atoms with E-state index in [-0.39, 0.29) is 11.8 Å². The van der Waals surface area contributed by atoms with Crippen LogP contribution in [0.5, 0.6) is 0 Å². The molecule has 1 aromatic carbocycles. The zero-order valence-corrected chi connectivity index (χ0v) is 15.5. The molecule has 2 amide bonds. The molecule has 140 valence electrons. The minimum absolute atomic E-state index is 0.339. The number of nitrogens with one attached hydrogen (secondary N) is 1. The zero-order chi connectivity index (χ0) is 19.2. The van der Waals surface area contributed by atoms with Gasteiger partial charge in [0.25, 0.3) is 11.8 Å². The molecule has 0 bridgehead atoms. The summed E-state index contributed by atoms with van der Waals surface area (Å²) in [4.78, 5) is 30.7. The number of aromatic nitrogens is 1. The van der Waals surface area contributed by atoms with Gasteiger partial charge in [-0.05, 0) is 24.5 Å². The summed E-state index contributed by atoms with van der Waals surface area (Å²) >= 11 is 0. The quantitative estimate of drug-likeness (QED) is 0.652. The molecular weight excluding hydrogens is 340 g/mol. The highest BCUT2D eigenvalue weighted by Crippen LogP contribution is 2.27. The van der Waals surface area contributed by atoms with Crippen molar-refractivity contribution >= 4 is 22.7 Å². The summed E-state index contributed by atoms with van der Waals surface area (Å²) in [6.45, 7) is 0. The number of amides is 2. The summed E-state index contributed by atoms with van der Waals surface area (Å²) in [6, 6.07) is 8.64. The van der Waals surface area contributed by atoms with E-state index in [0.717, 1.165) is 41.5 Å². The minimum atomic E-state index is -0.697. The lowest BCUT2D eigenvalue weighted by atomic mass is 9.84. The molecule has 0 aliphatic heterocycles. The van der Waals surface area contributed by atoms with E-state index in [1.165, 1.54) is 19.7 Å². The van der Waals surface area contributed by atoms with Gasteiger partial charge in [0.1, 0.15) is 6.04 Å². The number of likely N-dealkylation sites (N-methyl/N-ethyl adjacent to an activating group) is 1. The topological polar surface area (TPSA) is 86.1 Å². The van der Waals surface area contributed by atoms with Gasteiger partial charge in [0.2, 0.25) is 0 Å². The van der Waals surface area contributed by atoms with E-state index in [9.17, 15) is 9.59 Å². The summed E-state index contributed by atoms with van der Waals surface area (Å²) in [5, 5.41) is 12.8. The predicted octanol–water partition coefficient (Wildman–Crippen LogP) is 3.24. The number of hydrogen-bond donors (Lipinski definition) is 1. The van der Waals surface area contributed by atoms with Gasteiger partial charge in [-0.2, -0.15) is 5.26 Å². The number of fused-ring (bicyclic) bond motifs is 1. The lowest BCUT2D eigenvalue weighted by Gasteiger charge is -2.27. The van der Waals surface area contributed by atoms with E-state index in [1.807, 2.05) is 30.5 Å². The predicted molar refractivity (Wildman–Crippen MR) is 103 cm³/mol. The Kier molecular flexibility index (Phi) is 6.02. The maximum absolute atomic E-state index is 12.8. The molecule has 2 aromatic rings. The van der Waals surface area contributed by atoms with Crippen LogP contribution in [0.2, 0.25) is 0 Å². The molecule has 1 aromatic heterocycles. The van der Waals surface area contributed by atoms with Crippen molar-refractivity contribution in [2.45, 2.75) is 44.6 Å². The van der Waals surface area contributed by atoms with Crippen LogP contribution >= 0.6 is 0 Å². The lowest BCUT2D eigenvalue weighted by molar-refractivity contribution is -0.129. The maximum atomic E-state index is 12.8. The molecule has 1 saturated carbocycles. The third-order valence-corrected chi connectivity index (χ3v) is 5.23. The van der Waals surface area contributed by atoms with Gasteiger partial charge in [-0.1, -0.05) is 50.3 Å². The Morgan fingerprint density at radius 1 is 1.30 bits per heavy atom. The van der Waals surface area contributed by atoms with Crippen LogP contribution in [0.15, 0.2) is 36.5 Å². The van der Waals surface area contributed by atoms with Crippen molar-refractivity contribution in [3.63, 3.8) is 0 Å². The SMILES string of the molecule is CN(C#N)C(=O)[C@H](CC1CCCCC1)NC(=O)c1cnc2ccccc2c1. The number of hydrogen-bond acceptors (Lipinski definition) is 4. The molecule has 0 radical (unpaired) electrons. The molecule has 0 spiro atoms. The average Bonchev–Trinajstić information content (AvgIpc) is 2.72. The second-order valence-electron chi connectivity index (χ2n) is 7.18. The zero-order valence-electron chi connectivity index (χ0n) is 15.5. The van der Waals surface area contributed by atoms with Crippen molar-refractivity contribution in [1.82, 2.24) is 15.2 Å². The van der Waals surface area contributed by atoms with Gasteiger partial charge in [0, 0.05) is 18.6 Å². The number of para-hydroxylation sites is 1. The molecule has 1 aliphatic carbocycles. The molecule has 1 N–H and O–H groups in total. The lowest BCUT2D eigenvalue weighted by Crippen LogP contribution is -2.47. The van der Waals surface area contributed by atoms with Crippen LogP contribution in [0.25, 0.3) is 10.9 Å². The van der Waals surface area contributed by atoms with Crippen molar-refractivity contribution in [1.29, 1.82) is 5.26 Å². The molecule has 1 atom stereocenters. The van der Waals surface area contributed by atoms with Gasteiger partial charge in [0.05, 0.1) is 11.1 Å². The fraction of sp³-hybridized carbons (Fsp3) is 0.429. The monoisotopic (exact) mass is 364 g/mol. The Bertz CT molecular complexity index is 868. The van der Waals surface area contributed by atoms with E-state index in [2.05, 4.69) is 10.3 Å². The van der Waals surface area contributed by atoms with Crippen molar-refractivity contribution < 1.29 is 9.59 Å². The molecule has 27 heavy (non-hydrogen) atoms. The van der Waals surface area contributed by atoms with Gasteiger partial charge in [-0.15, -0.1) is 0 Å². The number of pyridine rings is 1. The molecule has 1 aliphatic rings. The number of carbonyl (C=O) groups excluding carboxylic acids is 2. The van der Waals surface area contributed by atoms with Crippen molar-refractivity contribution in [3.05, 3.63) is 42.1 Å². The van der Waals surface area contributed by atoms with Crippen LogP contribution in [0.3, 0.4) is 0 Å². The number of carbonyl (C=O) groups is 2. The number of rotatable bonds is 5. The average molecular weight is 364 g/mol. The highest BCUT2D eigenvalue weighted by atomic mass is 16.2. The first kappa shape index (κ1) is 18.8. The summed E-state index contributed by atoms with van der Waals surface area (Å²) in [6.07, 6.45) is 9.59. The summed E-state index contributed by atoms with van der Waals surface area (Å²) < 4.78 is 0. The van der Waals surface area contributed by atoms with Crippen LogP contribution in [-0.4, -0.2) is 34.8 Å². The fourth-order valence-electron chi connectivity index (χ4n) is 3.70. The van der Waals surface area contributed by atoms with E-state index >= 15 is 0 Å². The van der Waals surface area contributed by atoms with Gasteiger partial charge >= 0.3 is 0 Å². The van der Waals surface area contributed by atoms with E-state index in [1.54, 1.807) is 6.07 Å². The van der Waals surface area contributed by atoms with Crippen LogP contribution in [-0.2, 0) is 4.79 Å².